The van der Waals surface area contributed by atoms with Crippen LogP contribution in [0.2, 0.25) is 0 Å². The van der Waals surface area contributed by atoms with Crippen LogP contribution in [0.15, 0.2) is 24.3 Å². The number of ketones is 1. The second-order valence-electron chi connectivity index (χ2n) is 6.86. The van der Waals surface area contributed by atoms with E-state index in [9.17, 15) is 9.59 Å². The van der Waals surface area contributed by atoms with Crippen molar-refractivity contribution in [1.82, 2.24) is 4.90 Å². The van der Waals surface area contributed by atoms with Gasteiger partial charge in [0.15, 0.2) is 0 Å². The highest BCUT2D eigenvalue weighted by Gasteiger charge is 2.45. The highest BCUT2D eigenvalue weighted by atomic mass is 16.6. The lowest BCUT2D eigenvalue weighted by Gasteiger charge is -2.46. The van der Waals surface area contributed by atoms with E-state index in [1.165, 1.54) is 0 Å². The van der Waals surface area contributed by atoms with E-state index in [4.69, 9.17) is 4.74 Å². The largest absolute Gasteiger partial charge is 0.438 e. The molecule has 1 N–H and O–H groups in total. The fraction of sp³-hybridized carbons (Fsp3) is 0.556. The predicted octanol–water partition coefficient (Wildman–Crippen LogP) is 3.05. The molecule has 1 aromatic carbocycles. The SMILES string of the molecule is O=C1CCC(N2CCC3(CC2)OC(=O)Nc2ccccc23)CC1. The number of hydrogen-bond acceptors (Lipinski definition) is 4. The zero-order chi connectivity index (χ0) is 15.9. The van der Waals surface area contributed by atoms with Gasteiger partial charge in [0, 0.05) is 50.4 Å². The average molecular weight is 314 g/mol. The van der Waals surface area contributed by atoms with Crippen LogP contribution in [0.25, 0.3) is 0 Å². The Balaban J connectivity index is 1.50. The lowest BCUT2D eigenvalue weighted by atomic mass is 9.81. The van der Waals surface area contributed by atoms with Crippen molar-refractivity contribution in [3.63, 3.8) is 0 Å². The minimum Gasteiger partial charge on any atom is -0.438 e. The van der Waals surface area contributed by atoms with Crippen molar-refractivity contribution >= 4 is 17.6 Å². The maximum absolute atomic E-state index is 11.9. The Labute approximate surface area is 136 Å². The number of likely N-dealkylation sites (tertiary alicyclic amines) is 1. The number of para-hydroxylation sites is 1. The van der Waals surface area contributed by atoms with E-state index >= 15 is 0 Å². The van der Waals surface area contributed by atoms with Gasteiger partial charge in [0.05, 0.1) is 5.69 Å². The third-order valence-corrected chi connectivity index (χ3v) is 5.58. The molecule has 1 aromatic rings. The van der Waals surface area contributed by atoms with Crippen LogP contribution in [0.1, 0.15) is 44.1 Å². The van der Waals surface area contributed by atoms with Crippen LogP contribution in [0.4, 0.5) is 10.5 Å². The first-order valence-electron chi connectivity index (χ1n) is 8.52. The van der Waals surface area contributed by atoms with Crippen LogP contribution in [-0.2, 0) is 15.1 Å². The molecular weight excluding hydrogens is 292 g/mol. The number of carbonyl (C=O) groups excluding carboxylic acids is 2. The number of amides is 1. The van der Waals surface area contributed by atoms with Gasteiger partial charge in [0.25, 0.3) is 0 Å². The normalized spacial score (nSPS) is 24.9. The molecule has 2 fully saturated rings. The molecule has 23 heavy (non-hydrogen) atoms. The molecule has 1 saturated heterocycles. The quantitative estimate of drug-likeness (QED) is 0.865. The average Bonchev–Trinajstić information content (AvgIpc) is 2.56. The van der Waals surface area contributed by atoms with Crippen LogP contribution in [0.5, 0.6) is 0 Å². The Morgan fingerprint density at radius 2 is 1.78 bits per heavy atom. The first kappa shape index (κ1) is 14.7. The standard InChI is InChI=1S/C18H22N2O3/c21-14-7-5-13(6-8-14)20-11-9-18(10-12-20)15-3-1-2-4-16(15)19-17(22)23-18/h1-4,13H,5-12H2,(H,19,22). The summed E-state index contributed by atoms with van der Waals surface area (Å²) < 4.78 is 5.76. The van der Waals surface area contributed by atoms with Crippen LogP contribution >= 0.6 is 0 Å². The Bertz CT molecular complexity index is 625. The molecule has 4 rings (SSSR count). The summed E-state index contributed by atoms with van der Waals surface area (Å²) in [6.07, 6.45) is 4.68. The third-order valence-electron chi connectivity index (χ3n) is 5.58. The molecule has 0 bridgehead atoms. The van der Waals surface area contributed by atoms with Crippen molar-refractivity contribution in [2.75, 3.05) is 18.4 Å². The Morgan fingerprint density at radius 3 is 2.52 bits per heavy atom. The number of nitrogens with zero attached hydrogens (tertiary/aromatic N) is 1. The zero-order valence-corrected chi connectivity index (χ0v) is 13.2. The fourth-order valence-corrected chi connectivity index (χ4v) is 4.27. The highest BCUT2D eigenvalue weighted by molar-refractivity contribution is 5.88. The van der Waals surface area contributed by atoms with Crippen molar-refractivity contribution in [1.29, 1.82) is 0 Å². The van der Waals surface area contributed by atoms with E-state index in [2.05, 4.69) is 16.3 Å². The van der Waals surface area contributed by atoms with Gasteiger partial charge in [-0.15, -0.1) is 0 Å². The lowest BCUT2D eigenvalue weighted by Crippen LogP contribution is -2.51. The fourth-order valence-electron chi connectivity index (χ4n) is 4.27. The zero-order valence-electron chi connectivity index (χ0n) is 13.2. The molecule has 1 aliphatic carbocycles. The van der Waals surface area contributed by atoms with Gasteiger partial charge in [-0.2, -0.15) is 0 Å². The molecule has 1 spiro atoms. The molecule has 0 radical (unpaired) electrons. The molecule has 0 aromatic heterocycles. The monoisotopic (exact) mass is 314 g/mol. The molecular formula is C18H22N2O3. The topological polar surface area (TPSA) is 58.6 Å². The van der Waals surface area contributed by atoms with Gasteiger partial charge in [-0.3, -0.25) is 10.1 Å². The second kappa shape index (κ2) is 5.64. The second-order valence-corrected chi connectivity index (χ2v) is 6.86. The number of piperidine rings is 1. The maximum atomic E-state index is 11.9. The van der Waals surface area contributed by atoms with E-state index in [1.807, 2.05) is 18.2 Å². The van der Waals surface area contributed by atoms with Gasteiger partial charge in [0.1, 0.15) is 11.4 Å². The van der Waals surface area contributed by atoms with E-state index in [-0.39, 0.29) is 6.09 Å². The number of hydrogen-bond donors (Lipinski definition) is 1. The molecule has 1 amide bonds. The lowest BCUT2D eigenvalue weighted by molar-refractivity contribution is -0.122. The van der Waals surface area contributed by atoms with E-state index in [0.717, 1.165) is 50.0 Å². The summed E-state index contributed by atoms with van der Waals surface area (Å²) in [6, 6.07) is 8.45. The van der Waals surface area contributed by atoms with Crippen LogP contribution in [0, 0.1) is 0 Å². The summed E-state index contributed by atoms with van der Waals surface area (Å²) >= 11 is 0. The van der Waals surface area contributed by atoms with E-state index in [0.29, 0.717) is 24.7 Å². The van der Waals surface area contributed by atoms with Gasteiger partial charge >= 0.3 is 6.09 Å². The van der Waals surface area contributed by atoms with Crippen molar-refractivity contribution in [2.45, 2.75) is 50.2 Å². The summed E-state index contributed by atoms with van der Waals surface area (Å²) in [7, 11) is 0. The van der Waals surface area contributed by atoms with Gasteiger partial charge in [-0.25, -0.2) is 4.79 Å². The number of Topliss-reactive ketones (excluding diaryl/α,β-unsaturated/α-hetero) is 1. The summed E-state index contributed by atoms with van der Waals surface area (Å²) in [5, 5.41) is 2.80. The molecule has 1 saturated carbocycles. The van der Waals surface area contributed by atoms with Gasteiger partial charge in [-0.1, -0.05) is 18.2 Å². The molecule has 2 heterocycles. The Hall–Kier alpha value is -1.88. The minimum atomic E-state index is -0.486. The van der Waals surface area contributed by atoms with Crippen molar-refractivity contribution in [3.05, 3.63) is 29.8 Å². The summed E-state index contributed by atoms with van der Waals surface area (Å²) in [5.74, 6) is 0.399. The van der Waals surface area contributed by atoms with Crippen molar-refractivity contribution < 1.29 is 14.3 Å². The number of ether oxygens (including phenoxy) is 1. The summed E-state index contributed by atoms with van der Waals surface area (Å²) in [4.78, 5) is 25.8. The summed E-state index contributed by atoms with van der Waals surface area (Å²) in [6.45, 7) is 1.83. The number of carbonyl (C=O) groups is 2. The van der Waals surface area contributed by atoms with E-state index < -0.39 is 5.60 Å². The number of fused-ring (bicyclic) bond motifs is 2. The molecule has 3 aliphatic rings. The van der Waals surface area contributed by atoms with Gasteiger partial charge in [-0.05, 0) is 18.9 Å². The number of nitrogens with one attached hydrogen (secondary N) is 1. The van der Waals surface area contributed by atoms with Crippen LogP contribution in [0.3, 0.4) is 0 Å². The predicted molar refractivity (Wildman–Crippen MR) is 86.3 cm³/mol. The van der Waals surface area contributed by atoms with Crippen molar-refractivity contribution in [2.24, 2.45) is 0 Å². The van der Waals surface area contributed by atoms with E-state index in [1.54, 1.807) is 0 Å². The van der Waals surface area contributed by atoms with Gasteiger partial charge in [0.2, 0.25) is 0 Å². The number of rotatable bonds is 1. The Kier molecular flexibility index (Phi) is 3.60. The summed E-state index contributed by atoms with van der Waals surface area (Å²) in [5.41, 5.74) is 1.48. The first-order chi connectivity index (χ1) is 11.2. The first-order valence-corrected chi connectivity index (χ1v) is 8.52. The number of benzene rings is 1. The maximum Gasteiger partial charge on any atom is 0.412 e. The smallest absolute Gasteiger partial charge is 0.412 e. The van der Waals surface area contributed by atoms with Crippen LogP contribution in [-0.4, -0.2) is 35.9 Å². The molecule has 5 nitrogen and oxygen atoms in total. The van der Waals surface area contributed by atoms with Crippen LogP contribution < -0.4 is 5.32 Å². The molecule has 0 atom stereocenters. The molecule has 0 unspecified atom stereocenters. The Morgan fingerprint density at radius 1 is 1.09 bits per heavy atom. The number of anilines is 1. The minimum absolute atomic E-state index is 0.347. The third kappa shape index (κ3) is 2.63. The molecule has 2 aliphatic heterocycles. The molecule has 5 heteroatoms. The van der Waals surface area contributed by atoms with Gasteiger partial charge < -0.3 is 9.64 Å². The molecule has 122 valence electrons. The highest BCUT2D eigenvalue weighted by Crippen LogP contribution is 2.44. The van der Waals surface area contributed by atoms with Crippen molar-refractivity contribution in [3.8, 4) is 0 Å².